The summed E-state index contributed by atoms with van der Waals surface area (Å²) in [5.74, 6) is 0.830. The molecule has 0 amide bonds. The van der Waals surface area contributed by atoms with Crippen LogP contribution in [0.5, 0.6) is 5.75 Å². The highest BCUT2D eigenvalue weighted by Gasteiger charge is 2.09. The molecule has 28 heavy (non-hydrogen) atoms. The van der Waals surface area contributed by atoms with E-state index in [0.717, 1.165) is 28.3 Å². The van der Waals surface area contributed by atoms with E-state index in [-0.39, 0.29) is 0 Å². The molecule has 4 heteroatoms. The van der Waals surface area contributed by atoms with Gasteiger partial charge in [0.05, 0.1) is 6.54 Å². The normalized spacial score (nSPS) is 10.6. The average Bonchev–Trinajstić information content (AvgIpc) is 2.75. The van der Waals surface area contributed by atoms with E-state index in [1.54, 1.807) is 17.4 Å². The lowest BCUT2D eigenvalue weighted by molar-refractivity contribution is 0.261. The number of para-hydroxylation sites is 1. The van der Waals surface area contributed by atoms with Crippen molar-refractivity contribution in [1.82, 2.24) is 5.01 Å². The lowest BCUT2D eigenvalue weighted by Gasteiger charge is -2.17. The van der Waals surface area contributed by atoms with E-state index in [2.05, 4.69) is 41.3 Å². The first-order valence-electron chi connectivity index (χ1n) is 9.32. The van der Waals surface area contributed by atoms with Crippen molar-refractivity contribution in [1.29, 1.82) is 0 Å². The largest absolute Gasteiger partial charge is 0.491 e. The number of anilines is 2. The molecule has 3 rings (SSSR count). The molecule has 0 atom stereocenters. The number of rotatable bonds is 9. The lowest BCUT2D eigenvalue weighted by atomic mass is 10.0. The van der Waals surface area contributed by atoms with Crippen LogP contribution in [0.15, 0.2) is 96.7 Å². The second-order valence-corrected chi connectivity index (χ2v) is 6.14. The van der Waals surface area contributed by atoms with Gasteiger partial charge >= 0.3 is 0 Å². The molecule has 0 fully saturated rings. The molecule has 0 saturated carbocycles. The smallest absolute Gasteiger partial charge is 0.129 e. The predicted molar refractivity (Wildman–Crippen MR) is 118 cm³/mol. The standard InChI is InChI=1S/C24H25N3O/c1-3-25-27(4-2)17-18-28-24-19-22(26-21-13-9-6-10-14-21)15-16-23(24)20-11-7-5-8-12-20/h3-16,19,26H,2,17-18H2,1H3/b25-3-. The molecule has 0 aliphatic carbocycles. The molecular weight excluding hydrogens is 346 g/mol. The molecule has 1 N–H and O–H groups in total. The zero-order valence-electron chi connectivity index (χ0n) is 16.1. The zero-order chi connectivity index (χ0) is 19.6. The molecule has 4 nitrogen and oxygen atoms in total. The summed E-state index contributed by atoms with van der Waals surface area (Å²) < 4.78 is 6.15. The van der Waals surface area contributed by atoms with Crippen LogP contribution in [0.4, 0.5) is 11.4 Å². The Labute approximate surface area is 166 Å². The summed E-state index contributed by atoms with van der Waals surface area (Å²) in [6.45, 7) is 6.78. The molecule has 0 saturated heterocycles. The van der Waals surface area contributed by atoms with Gasteiger partial charge in [-0.25, -0.2) is 0 Å². The van der Waals surface area contributed by atoms with Gasteiger partial charge in [0.1, 0.15) is 12.4 Å². The first-order valence-corrected chi connectivity index (χ1v) is 9.32. The fraction of sp³-hybridized carbons (Fsp3) is 0.125. The second-order valence-electron chi connectivity index (χ2n) is 6.14. The number of hydrogen-bond donors (Lipinski definition) is 1. The van der Waals surface area contributed by atoms with Crippen LogP contribution in [-0.2, 0) is 0 Å². The van der Waals surface area contributed by atoms with Gasteiger partial charge < -0.3 is 10.1 Å². The summed E-state index contributed by atoms with van der Waals surface area (Å²) in [7, 11) is 0. The molecule has 0 aliphatic rings. The van der Waals surface area contributed by atoms with Crippen molar-refractivity contribution < 1.29 is 4.74 Å². The lowest BCUT2D eigenvalue weighted by Crippen LogP contribution is -2.18. The predicted octanol–water partition coefficient (Wildman–Crippen LogP) is 5.93. The Morgan fingerprint density at radius 1 is 0.964 bits per heavy atom. The van der Waals surface area contributed by atoms with Gasteiger partial charge in [-0.15, -0.1) is 0 Å². The molecular formula is C24H25N3O. The summed E-state index contributed by atoms with van der Waals surface area (Å²) >= 11 is 0. The number of nitrogens with one attached hydrogen (secondary N) is 1. The molecule has 3 aromatic carbocycles. The quantitative estimate of drug-likeness (QED) is 0.374. The molecule has 0 aliphatic heterocycles. The fourth-order valence-electron chi connectivity index (χ4n) is 2.86. The van der Waals surface area contributed by atoms with Crippen molar-refractivity contribution >= 4 is 17.6 Å². The van der Waals surface area contributed by atoms with Gasteiger partial charge in [0.2, 0.25) is 0 Å². The number of benzene rings is 3. The Hall–Kier alpha value is -3.53. The van der Waals surface area contributed by atoms with Gasteiger partial charge in [-0.05, 0) is 36.8 Å². The molecule has 0 bridgehead atoms. The molecule has 0 radical (unpaired) electrons. The van der Waals surface area contributed by atoms with Crippen LogP contribution >= 0.6 is 0 Å². The Kier molecular flexibility index (Phi) is 6.85. The van der Waals surface area contributed by atoms with E-state index in [9.17, 15) is 0 Å². The highest BCUT2D eigenvalue weighted by Crippen LogP contribution is 2.33. The summed E-state index contributed by atoms with van der Waals surface area (Å²) in [6.07, 6.45) is 3.43. The topological polar surface area (TPSA) is 36.9 Å². The van der Waals surface area contributed by atoms with Crippen LogP contribution in [0.2, 0.25) is 0 Å². The second kappa shape index (κ2) is 9.97. The van der Waals surface area contributed by atoms with Gasteiger partial charge in [0.25, 0.3) is 0 Å². The Bertz CT molecular complexity index is 908. The highest BCUT2D eigenvalue weighted by atomic mass is 16.5. The Morgan fingerprint density at radius 2 is 1.68 bits per heavy atom. The minimum Gasteiger partial charge on any atom is -0.491 e. The van der Waals surface area contributed by atoms with Gasteiger partial charge in [0.15, 0.2) is 0 Å². The molecule has 0 aromatic heterocycles. The van der Waals surface area contributed by atoms with Crippen molar-refractivity contribution in [2.45, 2.75) is 6.92 Å². The minimum absolute atomic E-state index is 0.498. The van der Waals surface area contributed by atoms with E-state index in [1.807, 2.05) is 61.5 Å². The maximum absolute atomic E-state index is 6.15. The van der Waals surface area contributed by atoms with Gasteiger partial charge in [0, 0.05) is 35.4 Å². The first kappa shape index (κ1) is 19.2. The number of hydrogen-bond acceptors (Lipinski definition) is 4. The summed E-state index contributed by atoms with van der Waals surface area (Å²) in [4.78, 5) is 0. The van der Waals surface area contributed by atoms with Gasteiger partial charge in [-0.2, -0.15) is 5.10 Å². The summed E-state index contributed by atoms with van der Waals surface area (Å²) in [5.41, 5.74) is 4.20. The molecule has 0 heterocycles. The van der Waals surface area contributed by atoms with Gasteiger partial charge in [-0.1, -0.05) is 55.1 Å². The number of hydrazone groups is 1. The average molecular weight is 371 g/mol. The third-order valence-corrected chi connectivity index (χ3v) is 4.18. The third-order valence-electron chi connectivity index (χ3n) is 4.18. The van der Waals surface area contributed by atoms with Gasteiger partial charge in [-0.3, -0.25) is 5.01 Å². The van der Waals surface area contributed by atoms with Crippen LogP contribution in [0.1, 0.15) is 6.92 Å². The van der Waals surface area contributed by atoms with Crippen LogP contribution in [0, 0.1) is 0 Å². The van der Waals surface area contributed by atoms with E-state index in [4.69, 9.17) is 4.74 Å². The van der Waals surface area contributed by atoms with Crippen molar-refractivity contribution in [2.24, 2.45) is 5.10 Å². The maximum atomic E-state index is 6.15. The Balaban J connectivity index is 1.82. The number of nitrogens with zero attached hydrogens (tertiary/aromatic N) is 2. The maximum Gasteiger partial charge on any atom is 0.129 e. The highest BCUT2D eigenvalue weighted by molar-refractivity contribution is 5.75. The first-order chi connectivity index (χ1) is 13.8. The van der Waals surface area contributed by atoms with Crippen LogP contribution in [-0.4, -0.2) is 24.4 Å². The SMILES string of the molecule is C=CN(CCOc1cc(Nc2ccccc2)ccc1-c1ccccc1)/N=C\C. The number of ether oxygens (including phenoxy) is 1. The Morgan fingerprint density at radius 3 is 2.36 bits per heavy atom. The van der Waals surface area contributed by atoms with Crippen molar-refractivity contribution in [3.63, 3.8) is 0 Å². The summed E-state index contributed by atoms with van der Waals surface area (Å²) in [5, 5.41) is 9.41. The molecule has 3 aromatic rings. The van der Waals surface area contributed by atoms with Crippen molar-refractivity contribution in [3.05, 3.63) is 91.6 Å². The molecule has 0 spiro atoms. The third kappa shape index (κ3) is 5.24. The fourth-order valence-corrected chi connectivity index (χ4v) is 2.86. The van der Waals surface area contributed by atoms with Crippen LogP contribution < -0.4 is 10.1 Å². The van der Waals surface area contributed by atoms with E-state index >= 15 is 0 Å². The van der Waals surface area contributed by atoms with E-state index in [1.165, 1.54) is 0 Å². The zero-order valence-corrected chi connectivity index (χ0v) is 16.1. The summed E-state index contributed by atoms with van der Waals surface area (Å²) in [6, 6.07) is 26.5. The minimum atomic E-state index is 0.498. The van der Waals surface area contributed by atoms with E-state index in [0.29, 0.717) is 13.2 Å². The molecule has 142 valence electrons. The van der Waals surface area contributed by atoms with Crippen LogP contribution in [0.25, 0.3) is 11.1 Å². The monoisotopic (exact) mass is 371 g/mol. The van der Waals surface area contributed by atoms with Crippen molar-refractivity contribution in [2.75, 3.05) is 18.5 Å². The van der Waals surface area contributed by atoms with Crippen molar-refractivity contribution in [3.8, 4) is 16.9 Å². The van der Waals surface area contributed by atoms with E-state index < -0.39 is 0 Å². The van der Waals surface area contributed by atoms with Crippen LogP contribution in [0.3, 0.4) is 0 Å². The molecule has 0 unspecified atom stereocenters.